The molecule has 1 fully saturated rings. The van der Waals surface area contributed by atoms with Crippen molar-refractivity contribution in [1.29, 1.82) is 0 Å². The molecule has 0 bridgehead atoms. The zero-order valence-electron chi connectivity index (χ0n) is 10.2. The van der Waals surface area contributed by atoms with Gasteiger partial charge < -0.3 is 21.2 Å². The fourth-order valence-corrected chi connectivity index (χ4v) is 2.02. The van der Waals surface area contributed by atoms with Crippen LogP contribution in [-0.4, -0.2) is 49.2 Å². The summed E-state index contributed by atoms with van der Waals surface area (Å²) >= 11 is 0. The van der Waals surface area contributed by atoms with Gasteiger partial charge >= 0.3 is 0 Å². The summed E-state index contributed by atoms with van der Waals surface area (Å²) in [4.78, 5) is 2.38. The van der Waals surface area contributed by atoms with Crippen molar-refractivity contribution in [1.82, 2.24) is 10.2 Å². The van der Waals surface area contributed by atoms with E-state index >= 15 is 0 Å². The second-order valence-electron chi connectivity index (χ2n) is 4.65. The number of rotatable bonds is 6. The lowest BCUT2D eigenvalue weighted by atomic mass is 9.97. The Morgan fingerprint density at radius 1 is 1.50 bits per heavy atom. The Hall–Kier alpha value is -0.810. The van der Waals surface area contributed by atoms with E-state index in [0.29, 0.717) is 12.3 Å². The van der Waals surface area contributed by atoms with Gasteiger partial charge in [0.25, 0.3) is 0 Å². The molecular formula is C11H24N4O. The molecule has 0 saturated carbocycles. The maximum atomic E-state index is 8.36. The molecule has 0 amide bonds. The van der Waals surface area contributed by atoms with E-state index in [1.54, 1.807) is 0 Å². The lowest BCUT2D eigenvalue weighted by molar-refractivity contribution is 0.216. The van der Waals surface area contributed by atoms with Crippen LogP contribution in [0.4, 0.5) is 0 Å². The maximum absolute atomic E-state index is 8.36. The van der Waals surface area contributed by atoms with E-state index in [9.17, 15) is 0 Å². The third-order valence-electron chi connectivity index (χ3n) is 3.19. The highest BCUT2D eigenvalue weighted by Gasteiger charge is 2.15. The third-order valence-corrected chi connectivity index (χ3v) is 3.19. The minimum Gasteiger partial charge on any atom is -0.409 e. The predicted molar refractivity (Wildman–Crippen MR) is 65.7 cm³/mol. The molecule has 0 aliphatic carbocycles. The highest BCUT2D eigenvalue weighted by atomic mass is 16.4. The average Bonchev–Trinajstić information content (AvgIpc) is 2.31. The van der Waals surface area contributed by atoms with Crippen molar-refractivity contribution in [3.63, 3.8) is 0 Å². The molecule has 94 valence electrons. The average molecular weight is 228 g/mol. The van der Waals surface area contributed by atoms with Crippen molar-refractivity contribution in [2.75, 3.05) is 33.2 Å². The molecule has 16 heavy (non-hydrogen) atoms. The van der Waals surface area contributed by atoms with Crippen LogP contribution in [0.25, 0.3) is 0 Å². The monoisotopic (exact) mass is 228 g/mol. The van der Waals surface area contributed by atoms with Crippen LogP contribution in [0, 0.1) is 5.92 Å². The van der Waals surface area contributed by atoms with Crippen molar-refractivity contribution < 1.29 is 5.21 Å². The van der Waals surface area contributed by atoms with Crippen LogP contribution < -0.4 is 11.1 Å². The first kappa shape index (κ1) is 13.3. The van der Waals surface area contributed by atoms with E-state index in [1.165, 1.54) is 25.9 Å². The summed E-state index contributed by atoms with van der Waals surface area (Å²) in [6, 6.07) is 0. The highest BCUT2D eigenvalue weighted by Crippen LogP contribution is 2.14. The predicted octanol–water partition coefficient (Wildman–Crippen LogP) is 0.444. The maximum Gasteiger partial charge on any atom is 0.139 e. The van der Waals surface area contributed by atoms with E-state index in [-0.39, 0.29) is 0 Å². The smallest absolute Gasteiger partial charge is 0.139 e. The van der Waals surface area contributed by atoms with Crippen molar-refractivity contribution in [3.8, 4) is 0 Å². The van der Waals surface area contributed by atoms with Gasteiger partial charge in [-0.1, -0.05) is 5.16 Å². The molecule has 0 spiro atoms. The molecule has 0 aromatic heterocycles. The number of likely N-dealkylation sites (tertiary alicyclic amines) is 1. The zero-order chi connectivity index (χ0) is 11.8. The molecular weight excluding hydrogens is 204 g/mol. The Labute approximate surface area is 97.7 Å². The Kier molecular flexibility index (Phi) is 6.18. The molecule has 1 heterocycles. The number of hydrogen-bond acceptors (Lipinski definition) is 4. The Morgan fingerprint density at radius 3 is 2.81 bits per heavy atom. The van der Waals surface area contributed by atoms with E-state index in [1.807, 2.05) is 0 Å². The summed E-state index contributed by atoms with van der Waals surface area (Å²) in [5.41, 5.74) is 5.38. The molecule has 0 unspecified atom stereocenters. The van der Waals surface area contributed by atoms with Crippen molar-refractivity contribution in [2.45, 2.75) is 25.7 Å². The van der Waals surface area contributed by atoms with Crippen LogP contribution in [0.2, 0.25) is 0 Å². The van der Waals surface area contributed by atoms with Gasteiger partial charge in [0.1, 0.15) is 5.84 Å². The largest absolute Gasteiger partial charge is 0.409 e. The summed E-state index contributed by atoms with van der Waals surface area (Å²) in [5.74, 6) is 1.14. The van der Waals surface area contributed by atoms with E-state index < -0.39 is 0 Å². The molecule has 1 aliphatic rings. The number of oxime groups is 1. The molecule has 1 rings (SSSR count). The summed E-state index contributed by atoms with van der Waals surface area (Å²) < 4.78 is 0. The van der Waals surface area contributed by atoms with Gasteiger partial charge in [-0.3, -0.25) is 0 Å². The highest BCUT2D eigenvalue weighted by molar-refractivity contribution is 5.79. The van der Waals surface area contributed by atoms with Crippen molar-refractivity contribution >= 4 is 5.84 Å². The second-order valence-corrected chi connectivity index (χ2v) is 4.65. The minimum absolute atomic E-state index is 0.320. The first-order valence-corrected chi connectivity index (χ1v) is 6.08. The van der Waals surface area contributed by atoms with Crippen LogP contribution in [-0.2, 0) is 0 Å². The third kappa shape index (κ3) is 5.32. The van der Waals surface area contributed by atoms with E-state index in [0.717, 1.165) is 25.4 Å². The number of amidine groups is 1. The van der Waals surface area contributed by atoms with Crippen LogP contribution in [0.1, 0.15) is 25.7 Å². The van der Waals surface area contributed by atoms with Crippen LogP contribution in [0.3, 0.4) is 0 Å². The quantitative estimate of drug-likeness (QED) is 0.203. The molecule has 1 saturated heterocycles. The Morgan fingerprint density at radius 2 is 2.19 bits per heavy atom. The Bertz CT molecular complexity index is 212. The number of nitrogens with one attached hydrogen (secondary N) is 1. The SMILES string of the molecule is CN1CCC(CNCCCC(N)=NO)CC1. The molecule has 5 heteroatoms. The first-order valence-electron chi connectivity index (χ1n) is 6.08. The van der Waals surface area contributed by atoms with Crippen molar-refractivity contribution in [2.24, 2.45) is 16.8 Å². The lowest BCUT2D eigenvalue weighted by Crippen LogP contribution is -2.35. The molecule has 0 atom stereocenters. The lowest BCUT2D eigenvalue weighted by Gasteiger charge is -2.29. The summed E-state index contributed by atoms with van der Waals surface area (Å²) in [5, 5.41) is 14.7. The normalized spacial score (nSPS) is 20.2. The zero-order valence-corrected chi connectivity index (χ0v) is 10.2. The number of piperidine rings is 1. The fourth-order valence-electron chi connectivity index (χ4n) is 2.02. The van der Waals surface area contributed by atoms with Crippen molar-refractivity contribution in [3.05, 3.63) is 0 Å². The van der Waals surface area contributed by atoms with Gasteiger partial charge in [-0.2, -0.15) is 0 Å². The van der Waals surface area contributed by atoms with Gasteiger partial charge in [0.05, 0.1) is 0 Å². The Balaban J connectivity index is 1.95. The second kappa shape index (κ2) is 7.46. The standard InChI is InChI=1S/C11H24N4O/c1-15-7-4-10(5-8-15)9-13-6-2-3-11(12)14-16/h10,13,16H,2-9H2,1H3,(H2,12,14). The molecule has 0 radical (unpaired) electrons. The van der Waals surface area contributed by atoms with Gasteiger partial charge in [-0.25, -0.2) is 0 Å². The van der Waals surface area contributed by atoms with Gasteiger partial charge in [0, 0.05) is 6.42 Å². The van der Waals surface area contributed by atoms with Gasteiger partial charge in [-0.15, -0.1) is 0 Å². The minimum atomic E-state index is 0.320. The molecule has 5 nitrogen and oxygen atoms in total. The summed E-state index contributed by atoms with van der Waals surface area (Å²) in [7, 11) is 2.18. The summed E-state index contributed by atoms with van der Waals surface area (Å²) in [6.45, 7) is 4.49. The topological polar surface area (TPSA) is 73.9 Å². The molecule has 1 aliphatic heterocycles. The first-order chi connectivity index (χ1) is 7.72. The molecule has 4 N–H and O–H groups in total. The van der Waals surface area contributed by atoms with Crippen LogP contribution in [0.5, 0.6) is 0 Å². The summed E-state index contributed by atoms with van der Waals surface area (Å²) in [6.07, 6.45) is 4.19. The van der Waals surface area contributed by atoms with E-state index in [4.69, 9.17) is 10.9 Å². The number of nitrogens with zero attached hydrogens (tertiary/aromatic N) is 2. The van der Waals surface area contributed by atoms with Crippen LogP contribution in [0.15, 0.2) is 5.16 Å². The molecule has 0 aromatic rings. The van der Waals surface area contributed by atoms with Gasteiger partial charge in [0.2, 0.25) is 0 Å². The van der Waals surface area contributed by atoms with Crippen LogP contribution >= 0.6 is 0 Å². The fraction of sp³-hybridized carbons (Fsp3) is 0.909. The van der Waals surface area contributed by atoms with Gasteiger partial charge in [0.15, 0.2) is 0 Å². The van der Waals surface area contributed by atoms with E-state index in [2.05, 4.69) is 22.4 Å². The molecule has 0 aromatic carbocycles. The van der Waals surface area contributed by atoms with Gasteiger partial charge in [-0.05, 0) is 58.4 Å². The number of nitrogens with two attached hydrogens (primary N) is 1. The number of hydrogen-bond donors (Lipinski definition) is 3.